The van der Waals surface area contributed by atoms with E-state index < -0.39 is 0 Å². The number of thioether (sulfide) groups is 1. The molecule has 2 rings (SSSR count). The molecule has 0 fully saturated rings. The predicted molar refractivity (Wildman–Crippen MR) is 79.0 cm³/mol. The van der Waals surface area contributed by atoms with Crippen molar-refractivity contribution in [1.82, 2.24) is 9.97 Å². The van der Waals surface area contributed by atoms with Crippen LogP contribution in [0.15, 0.2) is 40.0 Å². The van der Waals surface area contributed by atoms with Gasteiger partial charge in [0, 0.05) is 16.2 Å². The van der Waals surface area contributed by atoms with Gasteiger partial charge in [-0.25, -0.2) is 15.8 Å². The normalized spacial score (nSPS) is 10.2. The van der Waals surface area contributed by atoms with Gasteiger partial charge in [-0.1, -0.05) is 33.8 Å². The Morgan fingerprint density at radius 1 is 1.22 bits per heavy atom. The van der Waals surface area contributed by atoms with Crippen molar-refractivity contribution < 1.29 is 0 Å². The van der Waals surface area contributed by atoms with E-state index in [9.17, 15) is 0 Å². The van der Waals surface area contributed by atoms with Gasteiger partial charge >= 0.3 is 0 Å². The molecule has 18 heavy (non-hydrogen) atoms. The van der Waals surface area contributed by atoms with Crippen LogP contribution in [0.5, 0.6) is 0 Å². The topological polar surface area (TPSA) is 75.9 Å². The maximum atomic E-state index is 5.37. The zero-order chi connectivity index (χ0) is 13.0. The molecule has 0 radical (unpaired) electrons. The summed E-state index contributed by atoms with van der Waals surface area (Å²) in [6, 6.07) is 9.59. The third-order valence-corrected chi connectivity index (χ3v) is 3.17. The van der Waals surface area contributed by atoms with Crippen molar-refractivity contribution in [2.45, 2.75) is 5.16 Å². The zero-order valence-corrected chi connectivity index (χ0v) is 12.0. The number of benzene rings is 1. The second-order valence-electron chi connectivity index (χ2n) is 3.40. The fraction of sp³-hybridized carbons (Fsp3) is 0.0909. The lowest BCUT2D eigenvalue weighted by molar-refractivity contribution is 0.971. The molecule has 0 amide bonds. The summed E-state index contributed by atoms with van der Waals surface area (Å²) in [5.41, 5.74) is 3.47. The Balaban J connectivity index is 2.28. The van der Waals surface area contributed by atoms with Crippen molar-refractivity contribution in [2.24, 2.45) is 5.84 Å². The van der Waals surface area contributed by atoms with Crippen LogP contribution in [0.4, 0.5) is 17.3 Å². The van der Waals surface area contributed by atoms with E-state index in [2.05, 4.69) is 36.6 Å². The Morgan fingerprint density at radius 2 is 2.00 bits per heavy atom. The second kappa shape index (κ2) is 6.03. The molecule has 1 aromatic heterocycles. The Labute approximate surface area is 118 Å². The average Bonchev–Trinajstić information content (AvgIpc) is 2.38. The van der Waals surface area contributed by atoms with Crippen LogP contribution in [0.3, 0.4) is 0 Å². The molecule has 0 saturated carbocycles. The van der Waals surface area contributed by atoms with Crippen LogP contribution < -0.4 is 16.6 Å². The number of nitrogen functional groups attached to an aromatic ring is 1. The van der Waals surface area contributed by atoms with Gasteiger partial charge < -0.3 is 10.7 Å². The minimum atomic E-state index is 0.576. The first-order chi connectivity index (χ1) is 8.71. The Kier molecular flexibility index (Phi) is 4.40. The van der Waals surface area contributed by atoms with Crippen molar-refractivity contribution in [2.75, 3.05) is 17.0 Å². The molecule has 0 unspecified atom stereocenters. The van der Waals surface area contributed by atoms with Gasteiger partial charge in [0.05, 0.1) is 0 Å². The SMILES string of the molecule is CSc1nc(NN)cc(Nc2cccc(Br)c2)n1. The summed E-state index contributed by atoms with van der Waals surface area (Å²) in [5.74, 6) is 6.65. The zero-order valence-electron chi connectivity index (χ0n) is 9.64. The molecule has 94 valence electrons. The summed E-state index contributed by atoms with van der Waals surface area (Å²) in [5, 5.41) is 3.86. The van der Waals surface area contributed by atoms with Crippen molar-refractivity contribution in [3.63, 3.8) is 0 Å². The van der Waals surface area contributed by atoms with Gasteiger partial charge in [0.1, 0.15) is 11.6 Å². The van der Waals surface area contributed by atoms with E-state index in [1.807, 2.05) is 30.5 Å². The number of nitrogens with zero attached hydrogens (tertiary/aromatic N) is 2. The van der Waals surface area contributed by atoms with E-state index in [1.54, 1.807) is 6.07 Å². The molecule has 1 heterocycles. The fourth-order valence-electron chi connectivity index (χ4n) is 1.37. The standard InChI is InChI=1S/C11H12BrN5S/c1-18-11-15-9(6-10(16-11)17-13)14-8-4-2-3-7(12)5-8/h2-6H,13H2,1H3,(H2,14,15,16,17). The van der Waals surface area contributed by atoms with Gasteiger partial charge in [-0.15, -0.1) is 0 Å². The van der Waals surface area contributed by atoms with Crippen LogP contribution in [0.2, 0.25) is 0 Å². The minimum absolute atomic E-state index is 0.576. The van der Waals surface area contributed by atoms with Gasteiger partial charge in [0.15, 0.2) is 5.16 Å². The van der Waals surface area contributed by atoms with Gasteiger partial charge in [0.25, 0.3) is 0 Å². The molecular formula is C11H12BrN5S. The third-order valence-electron chi connectivity index (χ3n) is 2.13. The van der Waals surface area contributed by atoms with Crippen LogP contribution in [0, 0.1) is 0 Å². The highest BCUT2D eigenvalue weighted by Gasteiger charge is 2.03. The highest BCUT2D eigenvalue weighted by atomic mass is 79.9. The van der Waals surface area contributed by atoms with Gasteiger partial charge in [-0.3, -0.25) is 0 Å². The van der Waals surface area contributed by atoms with Crippen LogP contribution in [0.25, 0.3) is 0 Å². The first kappa shape index (κ1) is 13.1. The number of aromatic nitrogens is 2. The molecule has 0 aliphatic rings. The average molecular weight is 326 g/mol. The first-order valence-corrected chi connectivity index (χ1v) is 7.15. The lowest BCUT2D eigenvalue weighted by atomic mass is 10.3. The molecule has 5 nitrogen and oxygen atoms in total. The maximum absolute atomic E-state index is 5.37. The van der Waals surface area contributed by atoms with Crippen LogP contribution in [-0.2, 0) is 0 Å². The number of hydrogen-bond acceptors (Lipinski definition) is 6. The summed E-state index contributed by atoms with van der Waals surface area (Å²) in [4.78, 5) is 8.55. The summed E-state index contributed by atoms with van der Waals surface area (Å²) < 4.78 is 1.00. The number of halogens is 1. The number of nitrogens with one attached hydrogen (secondary N) is 2. The van der Waals surface area contributed by atoms with Crippen molar-refractivity contribution in [3.8, 4) is 0 Å². The van der Waals surface area contributed by atoms with Crippen LogP contribution >= 0.6 is 27.7 Å². The lowest BCUT2D eigenvalue weighted by Crippen LogP contribution is -2.10. The molecular weight excluding hydrogens is 314 g/mol. The molecule has 0 aliphatic heterocycles. The number of hydrazine groups is 1. The smallest absolute Gasteiger partial charge is 0.191 e. The number of hydrogen-bond donors (Lipinski definition) is 3. The van der Waals surface area contributed by atoms with E-state index in [-0.39, 0.29) is 0 Å². The van der Waals surface area contributed by atoms with Crippen molar-refractivity contribution in [3.05, 3.63) is 34.8 Å². The minimum Gasteiger partial charge on any atom is -0.340 e. The van der Waals surface area contributed by atoms with Gasteiger partial charge in [-0.05, 0) is 24.5 Å². The number of anilines is 3. The highest BCUT2D eigenvalue weighted by Crippen LogP contribution is 2.22. The first-order valence-electron chi connectivity index (χ1n) is 5.13. The molecule has 7 heteroatoms. The monoisotopic (exact) mass is 325 g/mol. The van der Waals surface area contributed by atoms with Gasteiger partial charge in [-0.2, -0.15) is 0 Å². The fourth-order valence-corrected chi connectivity index (χ4v) is 2.15. The van der Waals surface area contributed by atoms with Crippen LogP contribution in [0.1, 0.15) is 0 Å². The van der Waals surface area contributed by atoms with Crippen LogP contribution in [-0.4, -0.2) is 16.2 Å². The molecule has 0 bridgehead atoms. The van der Waals surface area contributed by atoms with Gasteiger partial charge in [0.2, 0.25) is 0 Å². The third kappa shape index (κ3) is 3.34. The lowest BCUT2D eigenvalue weighted by Gasteiger charge is -2.08. The largest absolute Gasteiger partial charge is 0.340 e. The molecule has 0 spiro atoms. The molecule has 4 N–H and O–H groups in total. The maximum Gasteiger partial charge on any atom is 0.191 e. The number of nitrogens with two attached hydrogens (primary N) is 1. The molecule has 0 atom stereocenters. The summed E-state index contributed by atoms with van der Waals surface area (Å²) in [6.45, 7) is 0. The quantitative estimate of drug-likeness (QED) is 0.347. The number of rotatable bonds is 4. The Hall–Kier alpha value is -1.31. The van der Waals surface area contributed by atoms with E-state index in [0.29, 0.717) is 16.8 Å². The summed E-state index contributed by atoms with van der Waals surface area (Å²) in [6.07, 6.45) is 1.92. The Morgan fingerprint density at radius 3 is 2.67 bits per heavy atom. The van der Waals surface area contributed by atoms with Crippen molar-refractivity contribution in [1.29, 1.82) is 0 Å². The van der Waals surface area contributed by atoms with E-state index in [0.717, 1.165) is 10.2 Å². The highest BCUT2D eigenvalue weighted by molar-refractivity contribution is 9.10. The molecule has 2 aromatic rings. The second-order valence-corrected chi connectivity index (χ2v) is 5.09. The van der Waals surface area contributed by atoms with E-state index in [1.165, 1.54) is 11.8 Å². The summed E-state index contributed by atoms with van der Waals surface area (Å²) >= 11 is 4.88. The molecule has 0 saturated heterocycles. The Bertz CT molecular complexity index is 526. The summed E-state index contributed by atoms with van der Waals surface area (Å²) in [7, 11) is 0. The molecule has 0 aliphatic carbocycles. The van der Waals surface area contributed by atoms with E-state index >= 15 is 0 Å². The van der Waals surface area contributed by atoms with Crippen molar-refractivity contribution >= 4 is 45.0 Å². The predicted octanol–water partition coefficient (Wildman–Crippen LogP) is 2.99. The molecule has 1 aromatic carbocycles. The van der Waals surface area contributed by atoms with E-state index in [4.69, 9.17) is 5.84 Å².